The molecule has 0 spiro atoms. The van der Waals surface area contributed by atoms with Gasteiger partial charge in [-0.25, -0.2) is 0 Å². The average Bonchev–Trinajstić information content (AvgIpc) is 2.28. The molecule has 0 aromatic heterocycles. The maximum Gasteiger partial charge on any atom is 1.00 e. The zero-order valence-corrected chi connectivity index (χ0v) is 8.52. The fourth-order valence-corrected chi connectivity index (χ4v) is 0.733. The van der Waals surface area contributed by atoms with Gasteiger partial charge in [-0.05, 0) is 5.76 Å². The molecule has 0 saturated carbocycles. The molecule has 62 valence electrons. The van der Waals surface area contributed by atoms with Crippen molar-refractivity contribution in [2.75, 3.05) is 6.61 Å². The first-order chi connectivity index (χ1) is 5.15. The van der Waals surface area contributed by atoms with E-state index in [9.17, 15) is 4.79 Å². The summed E-state index contributed by atoms with van der Waals surface area (Å²) in [5, 5.41) is 26.2. The molecule has 0 saturated heterocycles. The Bertz CT molecular complexity index is 202. The maximum atomic E-state index is 10.4. The van der Waals surface area contributed by atoms with Gasteiger partial charge in [0.2, 0.25) is 0 Å². The summed E-state index contributed by atoms with van der Waals surface area (Å²) in [7, 11) is 0. The molecular formula is C6H7NaO5. The molecule has 0 aromatic rings. The van der Waals surface area contributed by atoms with Gasteiger partial charge in [0, 0.05) is 0 Å². The smallest absolute Gasteiger partial charge is 0.545 e. The summed E-state index contributed by atoms with van der Waals surface area (Å²) in [6.07, 6.45) is -0.521. The fraction of sp³-hybridized carbons (Fsp3) is 0.500. The monoisotopic (exact) mass is 182 g/mol. The Balaban J connectivity index is 0.00000121. The third-order valence-corrected chi connectivity index (χ3v) is 1.27. The zero-order chi connectivity index (χ0) is 8.43. The van der Waals surface area contributed by atoms with E-state index in [1.165, 1.54) is 0 Å². The fourth-order valence-electron chi connectivity index (χ4n) is 0.733. The van der Waals surface area contributed by atoms with Gasteiger partial charge in [0.15, 0.2) is 12.1 Å². The Morgan fingerprint density at radius 1 is 1.67 bits per heavy atom. The van der Waals surface area contributed by atoms with Gasteiger partial charge < -0.3 is 26.1 Å². The van der Waals surface area contributed by atoms with Crippen molar-refractivity contribution in [1.82, 2.24) is 0 Å². The number of aliphatic hydroxyl groups excluding tert-OH is 3. The summed E-state index contributed by atoms with van der Waals surface area (Å²) in [4.78, 5) is 10.4. The first-order valence-corrected chi connectivity index (χ1v) is 2.97. The molecule has 12 heavy (non-hydrogen) atoms. The number of hydrogen-bond acceptors (Lipinski definition) is 5. The van der Waals surface area contributed by atoms with Gasteiger partial charge in [-0.2, -0.15) is 0 Å². The molecule has 0 aromatic carbocycles. The van der Waals surface area contributed by atoms with Crippen LogP contribution in [0.1, 0.15) is 0 Å². The first-order valence-electron chi connectivity index (χ1n) is 2.97. The Kier molecular flexibility index (Phi) is 4.81. The van der Waals surface area contributed by atoms with Crippen molar-refractivity contribution >= 4 is 5.97 Å². The van der Waals surface area contributed by atoms with Crippen molar-refractivity contribution in [3.05, 3.63) is 11.8 Å². The van der Waals surface area contributed by atoms with E-state index >= 15 is 0 Å². The van der Waals surface area contributed by atoms with Crippen molar-refractivity contribution in [2.24, 2.45) is 0 Å². The van der Waals surface area contributed by atoms with Crippen LogP contribution in [0.5, 0.6) is 0 Å². The van der Waals surface area contributed by atoms with E-state index in [-0.39, 0.29) is 29.6 Å². The first kappa shape index (κ1) is 11.9. The van der Waals surface area contributed by atoms with Gasteiger partial charge in [0.05, 0.1) is 6.61 Å². The number of cyclic esters (lactones) is 1. The molecule has 1 aliphatic heterocycles. The summed E-state index contributed by atoms with van der Waals surface area (Å²) < 4.78 is 4.38. The number of hydrogen-bond donors (Lipinski definition) is 3. The van der Waals surface area contributed by atoms with Crippen LogP contribution in [0.15, 0.2) is 5.76 Å². The van der Waals surface area contributed by atoms with Crippen LogP contribution in [0.25, 0.3) is 0 Å². The molecule has 2 atom stereocenters. The predicted molar refractivity (Wildman–Crippen MR) is 32.4 cm³/mol. The molecule has 1 heterocycles. The summed E-state index contributed by atoms with van der Waals surface area (Å²) in [6, 6.07) is 0. The molecule has 5 nitrogen and oxygen atoms in total. The van der Waals surface area contributed by atoms with Crippen molar-refractivity contribution < 1.29 is 54.4 Å². The van der Waals surface area contributed by atoms with E-state index in [0.29, 0.717) is 0 Å². The molecule has 0 aliphatic carbocycles. The standard InChI is InChI=1S/C6H7O5.Na/c7-2-4(9)6-3(8)1-5(10)11-6;/h4,6-9H,2H2;/q-1;+1/t4-,6?;/m0./s1. The van der Waals surface area contributed by atoms with Crippen LogP contribution >= 0.6 is 0 Å². The number of carbonyl (C=O) groups is 1. The largest absolute Gasteiger partial charge is 1.00 e. The maximum absolute atomic E-state index is 10.4. The predicted octanol–water partition coefficient (Wildman–Crippen LogP) is -4.49. The molecule has 0 bridgehead atoms. The Hall–Kier alpha value is -0.0700. The van der Waals surface area contributed by atoms with Crippen molar-refractivity contribution in [3.63, 3.8) is 0 Å². The second kappa shape index (κ2) is 4.84. The molecule has 0 amide bonds. The van der Waals surface area contributed by atoms with Gasteiger partial charge in [-0.1, -0.05) is 0 Å². The number of ether oxygens (including phenoxy) is 1. The van der Waals surface area contributed by atoms with Crippen molar-refractivity contribution in [3.8, 4) is 0 Å². The van der Waals surface area contributed by atoms with Crippen LogP contribution in [-0.4, -0.2) is 40.1 Å². The van der Waals surface area contributed by atoms with Crippen molar-refractivity contribution in [1.29, 1.82) is 0 Å². The summed E-state index contributed by atoms with van der Waals surface area (Å²) in [5.41, 5.74) is 0. The quantitative estimate of drug-likeness (QED) is 0.228. The third kappa shape index (κ3) is 2.46. The summed E-state index contributed by atoms with van der Waals surface area (Å²) >= 11 is 0. The SMILES string of the molecule is O=C1[C-]=C(O)C([C@@H](O)CO)O1.[Na+]. The minimum absolute atomic E-state index is 0. The summed E-state index contributed by atoms with van der Waals surface area (Å²) in [6.45, 7) is -0.580. The van der Waals surface area contributed by atoms with Crippen LogP contribution in [0.2, 0.25) is 0 Å². The summed E-state index contributed by atoms with van der Waals surface area (Å²) in [5.74, 6) is -1.31. The van der Waals surface area contributed by atoms with E-state index < -0.39 is 30.5 Å². The molecule has 1 aliphatic rings. The van der Waals surface area contributed by atoms with Crippen LogP contribution in [-0.2, 0) is 9.53 Å². The van der Waals surface area contributed by atoms with Gasteiger partial charge in [0.1, 0.15) is 6.10 Å². The second-order valence-electron chi connectivity index (χ2n) is 2.09. The number of carbonyl (C=O) groups excluding carboxylic acids is 1. The average molecular weight is 182 g/mol. The van der Waals surface area contributed by atoms with E-state index in [4.69, 9.17) is 15.3 Å². The van der Waals surface area contributed by atoms with Crippen LogP contribution in [0, 0.1) is 6.08 Å². The minimum atomic E-state index is -1.28. The van der Waals surface area contributed by atoms with Gasteiger partial charge >= 0.3 is 29.6 Å². The Labute approximate surface area is 90.9 Å². The molecular weight excluding hydrogens is 175 g/mol. The minimum Gasteiger partial charge on any atom is -0.545 e. The molecule has 1 unspecified atom stereocenters. The molecule has 1 rings (SSSR count). The molecule has 6 heteroatoms. The van der Waals surface area contributed by atoms with E-state index in [1.807, 2.05) is 6.08 Å². The topological polar surface area (TPSA) is 87.0 Å². The normalized spacial score (nSPS) is 24.0. The van der Waals surface area contributed by atoms with E-state index in [1.54, 1.807) is 0 Å². The van der Waals surface area contributed by atoms with Crippen molar-refractivity contribution in [2.45, 2.75) is 12.2 Å². The number of aliphatic hydroxyl groups is 3. The number of esters is 1. The van der Waals surface area contributed by atoms with Crippen LogP contribution < -0.4 is 29.6 Å². The van der Waals surface area contributed by atoms with Gasteiger partial charge in [0.25, 0.3) is 0 Å². The van der Waals surface area contributed by atoms with E-state index in [0.717, 1.165) is 0 Å². The Morgan fingerprint density at radius 3 is 2.58 bits per heavy atom. The zero-order valence-electron chi connectivity index (χ0n) is 6.52. The van der Waals surface area contributed by atoms with Crippen LogP contribution in [0.4, 0.5) is 0 Å². The molecule has 0 radical (unpaired) electrons. The molecule has 3 N–H and O–H groups in total. The van der Waals surface area contributed by atoms with Gasteiger partial charge in [-0.3, -0.25) is 4.79 Å². The Morgan fingerprint density at radius 2 is 2.25 bits per heavy atom. The third-order valence-electron chi connectivity index (χ3n) is 1.27. The number of rotatable bonds is 2. The second-order valence-corrected chi connectivity index (χ2v) is 2.09. The van der Waals surface area contributed by atoms with Crippen LogP contribution in [0.3, 0.4) is 0 Å². The van der Waals surface area contributed by atoms with E-state index in [2.05, 4.69) is 4.74 Å². The molecule has 0 fully saturated rings. The van der Waals surface area contributed by atoms with Gasteiger partial charge in [-0.15, -0.1) is 0 Å².